The quantitative estimate of drug-likeness (QED) is 0.748. The Hall–Kier alpha value is -1.84. The molecule has 1 N–H and O–H groups in total. The van der Waals surface area contributed by atoms with Gasteiger partial charge in [-0.05, 0) is 19.1 Å². The molecule has 78 valence electrons. The lowest BCUT2D eigenvalue weighted by Crippen LogP contribution is -2.14. The molecule has 0 saturated carbocycles. The Kier molecular flexibility index (Phi) is 2.19. The second-order valence-electron chi connectivity index (χ2n) is 3.66. The van der Waals surface area contributed by atoms with Crippen LogP contribution >= 0.6 is 0 Å². The Bertz CT molecular complexity index is 452. The van der Waals surface area contributed by atoms with E-state index in [1.165, 1.54) is 5.01 Å². The van der Waals surface area contributed by atoms with Gasteiger partial charge in [0, 0.05) is 12.6 Å². The minimum absolute atomic E-state index is 0.0501. The van der Waals surface area contributed by atoms with E-state index in [1.807, 2.05) is 19.1 Å². The van der Waals surface area contributed by atoms with Crippen LogP contribution < -0.4 is 0 Å². The highest BCUT2D eigenvalue weighted by molar-refractivity contribution is 6.14. The maximum Gasteiger partial charge on any atom is 0.248 e. The van der Waals surface area contributed by atoms with Gasteiger partial charge < -0.3 is 5.11 Å². The molecule has 4 heteroatoms. The van der Waals surface area contributed by atoms with Crippen LogP contribution in [0.5, 0.6) is 5.75 Å². The smallest absolute Gasteiger partial charge is 0.248 e. The predicted molar refractivity (Wildman–Crippen MR) is 56.8 cm³/mol. The zero-order chi connectivity index (χ0) is 11.0. The van der Waals surface area contributed by atoms with Crippen molar-refractivity contribution in [2.45, 2.75) is 13.3 Å². The average Bonchev–Trinajstić information content (AvgIpc) is 2.51. The Morgan fingerprint density at radius 2 is 2.20 bits per heavy atom. The van der Waals surface area contributed by atoms with Crippen molar-refractivity contribution < 1.29 is 9.90 Å². The Morgan fingerprint density at radius 1 is 1.47 bits per heavy atom. The van der Waals surface area contributed by atoms with E-state index in [2.05, 4.69) is 5.10 Å². The van der Waals surface area contributed by atoms with Gasteiger partial charge in [0.1, 0.15) is 5.75 Å². The number of phenolic OH excluding ortho intramolecular Hbond substituents is 1. The number of hydrogen-bond acceptors (Lipinski definition) is 3. The molecule has 4 nitrogen and oxygen atoms in total. The third-order valence-corrected chi connectivity index (χ3v) is 2.41. The summed E-state index contributed by atoms with van der Waals surface area (Å²) in [6.07, 6.45) is 0.257. The summed E-state index contributed by atoms with van der Waals surface area (Å²) in [5, 5.41) is 15.0. The topological polar surface area (TPSA) is 52.9 Å². The van der Waals surface area contributed by atoms with E-state index in [9.17, 15) is 9.90 Å². The molecule has 0 aromatic heterocycles. The van der Waals surface area contributed by atoms with Gasteiger partial charge in [-0.3, -0.25) is 4.79 Å². The highest BCUT2D eigenvalue weighted by Crippen LogP contribution is 2.23. The molecule has 0 saturated heterocycles. The first-order chi connectivity index (χ1) is 7.08. The first-order valence-corrected chi connectivity index (χ1v) is 4.72. The predicted octanol–water partition coefficient (Wildman–Crippen LogP) is 1.27. The number of hydrogen-bond donors (Lipinski definition) is 1. The highest BCUT2D eigenvalue weighted by Gasteiger charge is 2.23. The van der Waals surface area contributed by atoms with Crippen LogP contribution in [0.1, 0.15) is 17.5 Å². The fourth-order valence-corrected chi connectivity index (χ4v) is 1.56. The van der Waals surface area contributed by atoms with Crippen LogP contribution in [0.4, 0.5) is 0 Å². The number of phenols is 1. The molecule has 0 atom stereocenters. The summed E-state index contributed by atoms with van der Waals surface area (Å²) in [5.74, 6) is 0.119. The molecule has 0 fully saturated rings. The average molecular weight is 204 g/mol. The zero-order valence-electron chi connectivity index (χ0n) is 8.69. The van der Waals surface area contributed by atoms with Crippen LogP contribution in [0.2, 0.25) is 0 Å². The molecule has 1 aromatic carbocycles. The van der Waals surface area contributed by atoms with Crippen LogP contribution in [0.3, 0.4) is 0 Å². The highest BCUT2D eigenvalue weighted by atomic mass is 16.3. The number of rotatable bonds is 1. The maximum atomic E-state index is 11.3. The summed E-state index contributed by atoms with van der Waals surface area (Å²) in [6, 6.07) is 5.27. The molecule has 0 spiro atoms. The van der Waals surface area contributed by atoms with E-state index in [1.54, 1.807) is 13.1 Å². The van der Waals surface area contributed by atoms with Crippen LogP contribution in [0, 0.1) is 6.92 Å². The van der Waals surface area contributed by atoms with E-state index in [-0.39, 0.29) is 18.1 Å². The van der Waals surface area contributed by atoms with E-state index in [0.717, 1.165) is 5.56 Å². The van der Waals surface area contributed by atoms with Crippen molar-refractivity contribution in [3.8, 4) is 5.75 Å². The Balaban J connectivity index is 2.43. The van der Waals surface area contributed by atoms with Gasteiger partial charge in [-0.25, -0.2) is 5.01 Å². The lowest BCUT2D eigenvalue weighted by Gasteiger charge is -2.03. The number of carbonyl (C=O) groups is 1. The van der Waals surface area contributed by atoms with Gasteiger partial charge in [0.05, 0.1) is 12.1 Å². The molecule has 0 bridgehead atoms. The normalized spacial score (nSPS) is 15.7. The Morgan fingerprint density at radius 3 is 2.80 bits per heavy atom. The Labute approximate surface area is 87.8 Å². The first-order valence-electron chi connectivity index (χ1n) is 4.72. The van der Waals surface area contributed by atoms with Gasteiger partial charge in [-0.2, -0.15) is 5.10 Å². The molecule has 1 heterocycles. The summed E-state index contributed by atoms with van der Waals surface area (Å²) >= 11 is 0. The monoisotopic (exact) mass is 204 g/mol. The molecular formula is C11H12N2O2. The third-order valence-electron chi connectivity index (χ3n) is 2.41. The van der Waals surface area contributed by atoms with Crippen molar-refractivity contribution in [3.05, 3.63) is 29.3 Å². The van der Waals surface area contributed by atoms with Crippen molar-refractivity contribution in [1.82, 2.24) is 5.01 Å². The second kappa shape index (κ2) is 3.38. The summed E-state index contributed by atoms with van der Waals surface area (Å²) in [5.41, 5.74) is 2.31. The first kappa shape index (κ1) is 9.71. The zero-order valence-corrected chi connectivity index (χ0v) is 8.69. The van der Waals surface area contributed by atoms with E-state index >= 15 is 0 Å². The molecule has 0 aliphatic carbocycles. The van der Waals surface area contributed by atoms with Gasteiger partial charge in [0.25, 0.3) is 0 Å². The lowest BCUT2D eigenvalue weighted by atomic mass is 10.0. The van der Waals surface area contributed by atoms with Crippen molar-refractivity contribution >= 4 is 11.6 Å². The molecular weight excluding hydrogens is 192 g/mol. The molecule has 1 amide bonds. The SMILES string of the molecule is Cc1ccc(O)c(C2=NN(C)C(=O)C2)c1. The maximum absolute atomic E-state index is 11.3. The van der Waals surface area contributed by atoms with Crippen molar-refractivity contribution in [2.75, 3.05) is 7.05 Å². The second-order valence-corrected chi connectivity index (χ2v) is 3.66. The standard InChI is InChI=1S/C11H12N2O2/c1-7-3-4-10(14)8(5-7)9-6-11(15)13(2)12-9/h3-5,14H,6H2,1-2H3. The van der Waals surface area contributed by atoms with Gasteiger partial charge in [0.15, 0.2) is 0 Å². The van der Waals surface area contributed by atoms with Crippen LogP contribution in [-0.4, -0.2) is 28.8 Å². The minimum atomic E-state index is -0.0501. The molecule has 1 aliphatic heterocycles. The van der Waals surface area contributed by atoms with E-state index < -0.39 is 0 Å². The number of amides is 1. The number of aromatic hydroxyl groups is 1. The number of hydrazone groups is 1. The van der Waals surface area contributed by atoms with Crippen molar-refractivity contribution in [1.29, 1.82) is 0 Å². The summed E-state index contributed by atoms with van der Waals surface area (Å²) in [4.78, 5) is 11.3. The fourth-order valence-electron chi connectivity index (χ4n) is 1.56. The number of aryl methyl sites for hydroxylation is 1. The van der Waals surface area contributed by atoms with E-state index in [4.69, 9.17) is 0 Å². The van der Waals surface area contributed by atoms with Gasteiger partial charge in [0.2, 0.25) is 5.91 Å². The summed E-state index contributed by atoms with van der Waals surface area (Å²) < 4.78 is 0. The van der Waals surface area contributed by atoms with Gasteiger partial charge >= 0.3 is 0 Å². The minimum Gasteiger partial charge on any atom is -0.507 e. The molecule has 15 heavy (non-hydrogen) atoms. The molecule has 0 radical (unpaired) electrons. The fraction of sp³-hybridized carbons (Fsp3) is 0.273. The molecule has 1 aromatic rings. The van der Waals surface area contributed by atoms with Crippen LogP contribution in [-0.2, 0) is 4.79 Å². The largest absolute Gasteiger partial charge is 0.507 e. The van der Waals surface area contributed by atoms with E-state index in [0.29, 0.717) is 11.3 Å². The number of nitrogens with zero attached hydrogens (tertiary/aromatic N) is 2. The molecule has 0 unspecified atom stereocenters. The van der Waals surface area contributed by atoms with Gasteiger partial charge in [-0.1, -0.05) is 11.6 Å². The van der Waals surface area contributed by atoms with Crippen LogP contribution in [0.25, 0.3) is 0 Å². The molecule has 1 aliphatic rings. The van der Waals surface area contributed by atoms with Crippen molar-refractivity contribution in [3.63, 3.8) is 0 Å². The van der Waals surface area contributed by atoms with Crippen LogP contribution in [0.15, 0.2) is 23.3 Å². The third kappa shape index (κ3) is 1.70. The summed E-state index contributed by atoms with van der Waals surface area (Å²) in [7, 11) is 1.61. The number of carbonyl (C=O) groups excluding carboxylic acids is 1. The number of benzene rings is 1. The summed E-state index contributed by atoms with van der Waals surface area (Å²) in [6.45, 7) is 1.93. The lowest BCUT2D eigenvalue weighted by molar-refractivity contribution is -0.127. The molecule has 2 rings (SSSR count). The van der Waals surface area contributed by atoms with Crippen molar-refractivity contribution in [2.24, 2.45) is 5.10 Å². The van der Waals surface area contributed by atoms with Gasteiger partial charge in [-0.15, -0.1) is 0 Å².